The summed E-state index contributed by atoms with van der Waals surface area (Å²) >= 11 is 1.77. The van der Waals surface area contributed by atoms with Crippen LogP contribution in [-0.4, -0.2) is 16.6 Å². The third-order valence-electron chi connectivity index (χ3n) is 2.25. The zero-order chi connectivity index (χ0) is 10.4. The van der Waals surface area contributed by atoms with Crippen LogP contribution in [0.15, 0.2) is 24.3 Å². The van der Waals surface area contributed by atoms with Crippen molar-refractivity contribution in [3.63, 3.8) is 0 Å². The normalized spacial score (nSPS) is 12.8. The lowest BCUT2D eigenvalue weighted by atomic mass is 10.1. The number of aliphatic hydroxyl groups is 1. The van der Waals surface area contributed by atoms with Crippen LogP contribution in [0.5, 0.6) is 0 Å². The van der Waals surface area contributed by atoms with Crippen LogP contribution in [0.25, 0.3) is 0 Å². The molecule has 1 N–H and O–H groups in total. The van der Waals surface area contributed by atoms with Gasteiger partial charge in [0.1, 0.15) is 0 Å². The van der Waals surface area contributed by atoms with Crippen LogP contribution >= 0.6 is 11.8 Å². The number of hydrogen-bond acceptors (Lipinski definition) is 2. The van der Waals surface area contributed by atoms with E-state index in [9.17, 15) is 5.11 Å². The van der Waals surface area contributed by atoms with E-state index >= 15 is 0 Å². The molecule has 1 atom stereocenters. The molecule has 0 spiro atoms. The average molecular weight is 210 g/mol. The van der Waals surface area contributed by atoms with Crippen LogP contribution in [0.2, 0.25) is 0 Å². The molecule has 0 saturated carbocycles. The second-order valence-corrected chi connectivity index (χ2v) is 4.59. The van der Waals surface area contributed by atoms with E-state index in [1.807, 2.05) is 12.1 Å². The third-order valence-corrected chi connectivity index (χ3v) is 3.21. The summed E-state index contributed by atoms with van der Waals surface area (Å²) in [5.41, 5.74) is 2.35. The minimum Gasteiger partial charge on any atom is -0.388 e. The highest BCUT2D eigenvalue weighted by Gasteiger charge is 2.06. The molecule has 0 saturated heterocycles. The van der Waals surface area contributed by atoms with Gasteiger partial charge in [0.05, 0.1) is 6.10 Å². The molecule has 14 heavy (non-hydrogen) atoms. The van der Waals surface area contributed by atoms with Crippen molar-refractivity contribution >= 4 is 11.8 Å². The van der Waals surface area contributed by atoms with E-state index in [1.54, 1.807) is 11.8 Å². The molecule has 0 aliphatic carbocycles. The Labute approximate surface area is 90.5 Å². The van der Waals surface area contributed by atoms with Gasteiger partial charge < -0.3 is 5.11 Å². The summed E-state index contributed by atoms with van der Waals surface area (Å²) in [5, 5.41) is 9.79. The molecule has 1 aromatic carbocycles. The highest BCUT2D eigenvalue weighted by atomic mass is 32.2. The van der Waals surface area contributed by atoms with Gasteiger partial charge in [0.25, 0.3) is 0 Å². The molecule has 1 rings (SSSR count). The third kappa shape index (κ3) is 3.35. The monoisotopic (exact) mass is 210 g/mol. The second-order valence-electron chi connectivity index (χ2n) is 3.27. The lowest BCUT2D eigenvalue weighted by molar-refractivity contribution is 0.204. The summed E-state index contributed by atoms with van der Waals surface area (Å²) in [6.07, 6.45) is 0.742. The maximum Gasteiger partial charge on any atom is 0.0880 e. The largest absolute Gasteiger partial charge is 0.388 e. The van der Waals surface area contributed by atoms with Crippen molar-refractivity contribution < 1.29 is 5.11 Å². The van der Waals surface area contributed by atoms with Crippen LogP contribution in [0, 0.1) is 0 Å². The Balaban J connectivity index is 2.57. The summed E-state index contributed by atoms with van der Waals surface area (Å²) < 4.78 is 0. The summed E-state index contributed by atoms with van der Waals surface area (Å²) in [6, 6.07) is 8.24. The topological polar surface area (TPSA) is 20.2 Å². The maximum absolute atomic E-state index is 9.79. The van der Waals surface area contributed by atoms with Gasteiger partial charge >= 0.3 is 0 Å². The van der Waals surface area contributed by atoms with Crippen LogP contribution in [0.1, 0.15) is 31.1 Å². The standard InChI is InChI=1S/C12H18OS/c1-3-10-5-7-11(8-6-10)12(13)9-14-4-2/h5-8,12-13H,3-4,9H2,1-2H3. The first-order valence-electron chi connectivity index (χ1n) is 5.12. The Bertz CT molecular complexity index is 256. The van der Waals surface area contributed by atoms with Gasteiger partial charge in [0, 0.05) is 5.75 Å². The summed E-state index contributed by atoms with van der Waals surface area (Å²) in [6.45, 7) is 4.25. The molecule has 0 amide bonds. The Morgan fingerprint density at radius 1 is 1.21 bits per heavy atom. The Morgan fingerprint density at radius 2 is 1.86 bits per heavy atom. The molecule has 0 aliphatic rings. The second kappa shape index (κ2) is 6.10. The van der Waals surface area contributed by atoms with E-state index in [1.165, 1.54) is 5.56 Å². The highest BCUT2D eigenvalue weighted by molar-refractivity contribution is 7.99. The molecule has 0 aromatic heterocycles. The van der Waals surface area contributed by atoms with Crippen molar-refractivity contribution in [2.24, 2.45) is 0 Å². The van der Waals surface area contributed by atoms with Gasteiger partial charge in [-0.25, -0.2) is 0 Å². The van der Waals surface area contributed by atoms with E-state index in [4.69, 9.17) is 0 Å². The number of thioether (sulfide) groups is 1. The zero-order valence-electron chi connectivity index (χ0n) is 8.86. The van der Waals surface area contributed by atoms with Gasteiger partial charge in [-0.2, -0.15) is 11.8 Å². The van der Waals surface area contributed by atoms with Gasteiger partial charge in [-0.15, -0.1) is 0 Å². The number of aryl methyl sites for hydroxylation is 1. The van der Waals surface area contributed by atoms with Crippen molar-refractivity contribution in [2.75, 3.05) is 11.5 Å². The molecule has 1 unspecified atom stereocenters. The molecular weight excluding hydrogens is 192 g/mol. The molecule has 0 heterocycles. The minimum atomic E-state index is -0.314. The van der Waals surface area contributed by atoms with Crippen molar-refractivity contribution in [3.05, 3.63) is 35.4 Å². The number of hydrogen-bond donors (Lipinski definition) is 1. The fourth-order valence-electron chi connectivity index (χ4n) is 1.30. The van der Waals surface area contributed by atoms with Gasteiger partial charge in [0.15, 0.2) is 0 Å². The first-order chi connectivity index (χ1) is 6.77. The number of rotatable bonds is 5. The van der Waals surface area contributed by atoms with E-state index < -0.39 is 0 Å². The van der Waals surface area contributed by atoms with Crippen molar-refractivity contribution in [2.45, 2.75) is 26.4 Å². The van der Waals surface area contributed by atoms with Gasteiger partial charge in [-0.3, -0.25) is 0 Å². The molecule has 78 valence electrons. The zero-order valence-corrected chi connectivity index (χ0v) is 9.68. The summed E-state index contributed by atoms with van der Waals surface area (Å²) in [7, 11) is 0. The van der Waals surface area contributed by atoms with E-state index in [-0.39, 0.29) is 6.10 Å². The van der Waals surface area contributed by atoms with E-state index in [0.29, 0.717) is 0 Å². The Kier molecular flexibility index (Phi) is 5.05. The molecule has 0 bridgehead atoms. The first-order valence-corrected chi connectivity index (χ1v) is 6.28. The lowest BCUT2D eigenvalue weighted by Crippen LogP contribution is -2.00. The maximum atomic E-state index is 9.79. The number of benzene rings is 1. The van der Waals surface area contributed by atoms with Crippen LogP contribution in [-0.2, 0) is 6.42 Å². The lowest BCUT2D eigenvalue weighted by Gasteiger charge is -2.10. The molecule has 0 fully saturated rings. The Hall–Kier alpha value is -0.470. The molecule has 1 nitrogen and oxygen atoms in total. The molecule has 0 radical (unpaired) electrons. The quantitative estimate of drug-likeness (QED) is 0.806. The number of aliphatic hydroxyl groups excluding tert-OH is 1. The van der Waals surface area contributed by atoms with Crippen LogP contribution in [0.3, 0.4) is 0 Å². The molecule has 2 heteroatoms. The van der Waals surface area contributed by atoms with Crippen molar-refractivity contribution in [1.82, 2.24) is 0 Å². The van der Waals surface area contributed by atoms with Gasteiger partial charge in [-0.05, 0) is 23.3 Å². The van der Waals surface area contributed by atoms with Crippen molar-refractivity contribution in [3.8, 4) is 0 Å². The molecule has 1 aromatic rings. The fraction of sp³-hybridized carbons (Fsp3) is 0.500. The SMILES string of the molecule is CCSCC(O)c1ccc(CC)cc1. The summed E-state index contributed by atoms with van der Waals surface area (Å²) in [5.74, 6) is 1.85. The predicted octanol–water partition coefficient (Wildman–Crippen LogP) is 3.04. The van der Waals surface area contributed by atoms with E-state index in [0.717, 1.165) is 23.5 Å². The Morgan fingerprint density at radius 3 is 2.36 bits per heavy atom. The molecular formula is C12H18OS. The van der Waals surface area contributed by atoms with Crippen LogP contribution < -0.4 is 0 Å². The fourth-order valence-corrected chi connectivity index (χ4v) is 1.95. The highest BCUT2D eigenvalue weighted by Crippen LogP contribution is 2.18. The summed E-state index contributed by atoms with van der Waals surface area (Å²) in [4.78, 5) is 0. The van der Waals surface area contributed by atoms with Gasteiger partial charge in [-0.1, -0.05) is 38.1 Å². The smallest absolute Gasteiger partial charge is 0.0880 e. The first kappa shape index (κ1) is 11.6. The van der Waals surface area contributed by atoms with Gasteiger partial charge in [0.2, 0.25) is 0 Å². The predicted molar refractivity (Wildman–Crippen MR) is 63.8 cm³/mol. The average Bonchev–Trinajstić information content (AvgIpc) is 2.26. The van der Waals surface area contributed by atoms with Crippen LogP contribution in [0.4, 0.5) is 0 Å². The molecule has 0 aliphatic heterocycles. The van der Waals surface area contributed by atoms with E-state index in [2.05, 4.69) is 26.0 Å². The minimum absolute atomic E-state index is 0.314. The van der Waals surface area contributed by atoms with Crippen molar-refractivity contribution in [1.29, 1.82) is 0 Å².